The minimum atomic E-state index is -0.0787. The van der Waals surface area contributed by atoms with E-state index < -0.39 is 0 Å². The van der Waals surface area contributed by atoms with Crippen molar-refractivity contribution in [2.45, 2.75) is 39.2 Å². The van der Waals surface area contributed by atoms with Crippen LogP contribution in [0.2, 0.25) is 0 Å². The number of piperidine rings is 1. The first-order valence-corrected chi connectivity index (χ1v) is 10.7. The number of fused-ring (bicyclic) bond motifs is 1. The van der Waals surface area contributed by atoms with Gasteiger partial charge in [0.25, 0.3) is 0 Å². The second kappa shape index (κ2) is 8.72. The molecule has 6 nitrogen and oxygen atoms in total. The van der Waals surface area contributed by atoms with Gasteiger partial charge in [0.15, 0.2) is 5.13 Å². The van der Waals surface area contributed by atoms with Crippen molar-refractivity contribution in [3.8, 4) is 11.8 Å². The Labute approximate surface area is 169 Å². The van der Waals surface area contributed by atoms with E-state index in [0.717, 1.165) is 56.8 Å². The van der Waals surface area contributed by atoms with Crippen molar-refractivity contribution in [3.05, 3.63) is 34.6 Å². The quantitative estimate of drug-likeness (QED) is 0.782. The lowest BCUT2D eigenvalue weighted by atomic mass is 9.97. The van der Waals surface area contributed by atoms with Crippen molar-refractivity contribution in [3.63, 3.8) is 0 Å². The minimum absolute atomic E-state index is 0.0787. The highest BCUT2D eigenvalue weighted by Crippen LogP contribution is 2.24. The third-order valence-corrected chi connectivity index (χ3v) is 6.03. The number of likely N-dealkylation sites (tertiary alicyclic amines) is 1. The predicted molar refractivity (Wildman–Crippen MR) is 112 cm³/mol. The fourth-order valence-corrected chi connectivity index (χ4v) is 4.56. The van der Waals surface area contributed by atoms with Gasteiger partial charge >= 0.3 is 0 Å². The smallest absolute Gasteiger partial charge is 0.223 e. The third kappa shape index (κ3) is 4.89. The van der Waals surface area contributed by atoms with Crippen molar-refractivity contribution in [2.75, 3.05) is 30.3 Å². The number of hydrogen-bond acceptors (Lipinski definition) is 6. The number of nitrogens with zero attached hydrogens (tertiary/aromatic N) is 3. The molecule has 2 aromatic heterocycles. The van der Waals surface area contributed by atoms with Crippen LogP contribution in [0.15, 0.2) is 18.5 Å². The summed E-state index contributed by atoms with van der Waals surface area (Å²) >= 11 is 1.55. The van der Waals surface area contributed by atoms with Crippen molar-refractivity contribution in [1.29, 1.82) is 0 Å². The third-order valence-electron chi connectivity index (χ3n) is 5.14. The zero-order valence-electron chi connectivity index (χ0n) is 16.1. The fourth-order valence-electron chi connectivity index (χ4n) is 3.65. The number of carbonyl (C=O) groups is 1. The molecule has 28 heavy (non-hydrogen) atoms. The molecule has 0 bridgehead atoms. The van der Waals surface area contributed by atoms with Gasteiger partial charge in [-0.25, -0.2) is 9.97 Å². The predicted octanol–water partition coefficient (Wildman–Crippen LogP) is 3.12. The topological polar surface area (TPSA) is 70.2 Å². The summed E-state index contributed by atoms with van der Waals surface area (Å²) in [5, 5.41) is 6.81. The summed E-state index contributed by atoms with van der Waals surface area (Å²) in [5.74, 6) is 7.09. The van der Waals surface area contributed by atoms with Gasteiger partial charge < -0.3 is 10.6 Å². The van der Waals surface area contributed by atoms with E-state index in [9.17, 15) is 4.79 Å². The summed E-state index contributed by atoms with van der Waals surface area (Å²) in [7, 11) is 0. The molecule has 1 fully saturated rings. The van der Waals surface area contributed by atoms with Crippen LogP contribution < -0.4 is 10.6 Å². The van der Waals surface area contributed by atoms with Gasteiger partial charge in [-0.1, -0.05) is 5.92 Å². The number of aromatic nitrogens is 2. The minimum Gasteiger partial charge on any atom is -0.384 e. The fraction of sp³-hybridized carbons (Fsp3) is 0.476. The highest BCUT2D eigenvalue weighted by atomic mass is 32.1. The van der Waals surface area contributed by atoms with E-state index in [4.69, 9.17) is 0 Å². The van der Waals surface area contributed by atoms with Crippen molar-refractivity contribution in [1.82, 2.24) is 14.9 Å². The molecule has 1 saturated heterocycles. The largest absolute Gasteiger partial charge is 0.384 e. The van der Waals surface area contributed by atoms with Gasteiger partial charge in [0.1, 0.15) is 5.69 Å². The van der Waals surface area contributed by atoms with E-state index >= 15 is 0 Å². The molecule has 7 heteroatoms. The lowest BCUT2D eigenvalue weighted by Gasteiger charge is -2.29. The Morgan fingerprint density at radius 3 is 3.04 bits per heavy atom. The Bertz CT molecular complexity index is 905. The number of anilines is 2. The number of nitrogens with one attached hydrogen (secondary N) is 2. The van der Waals surface area contributed by atoms with Gasteiger partial charge in [-0.2, -0.15) is 0 Å². The maximum atomic E-state index is 11.1. The van der Waals surface area contributed by atoms with E-state index in [1.807, 2.05) is 12.4 Å². The van der Waals surface area contributed by atoms with Crippen LogP contribution in [0.1, 0.15) is 42.3 Å². The molecule has 0 radical (unpaired) electrons. The Hall–Kier alpha value is -2.43. The maximum absolute atomic E-state index is 11.1. The summed E-state index contributed by atoms with van der Waals surface area (Å²) in [4.78, 5) is 23.5. The summed E-state index contributed by atoms with van der Waals surface area (Å²) in [6, 6.07) is 2.14. The molecule has 1 amide bonds. The summed E-state index contributed by atoms with van der Waals surface area (Å²) in [5.41, 5.74) is 3.39. The molecule has 2 N–H and O–H groups in total. The molecule has 0 aromatic carbocycles. The zero-order valence-corrected chi connectivity index (χ0v) is 16.9. The molecule has 4 rings (SSSR count). The van der Waals surface area contributed by atoms with E-state index in [1.165, 1.54) is 23.8 Å². The van der Waals surface area contributed by atoms with Gasteiger partial charge in [-0.15, -0.1) is 11.3 Å². The van der Waals surface area contributed by atoms with Gasteiger partial charge in [-0.3, -0.25) is 9.69 Å². The van der Waals surface area contributed by atoms with Crippen LogP contribution in [0.4, 0.5) is 10.8 Å². The standard InChI is InChI=1S/C21H25N5OS/c1-15(27)25-21-24-12-19(28-21)14-26-9-6-16(7-10-26)4-5-18-11-17-3-2-8-22-20(17)13-23-18/h11-13,16,22H,2-3,6-10,14H2,1H3,(H,24,25,27). The lowest BCUT2D eigenvalue weighted by Crippen LogP contribution is -2.32. The first kappa shape index (κ1) is 18.9. The van der Waals surface area contributed by atoms with Gasteiger partial charge in [0, 0.05) is 37.0 Å². The van der Waals surface area contributed by atoms with Crippen LogP contribution in [0.3, 0.4) is 0 Å². The lowest BCUT2D eigenvalue weighted by molar-refractivity contribution is -0.114. The van der Waals surface area contributed by atoms with Crippen LogP contribution >= 0.6 is 11.3 Å². The Morgan fingerprint density at radius 1 is 1.36 bits per heavy atom. The zero-order chi connectivity index (χ0) is 19.3. The van der Waals surface area contributed by atoms with Crippen molar-refractivity contribution in [2.24, 2.45) is 5.92 Å². The van der Waals surface area contributed by atoms with E-state index in [0.29, 0.717) is 11.0 Å². The molecule has 2 aromatic rings. The van der Waals surface area contributed by atoms with Crippen molar-refractivity contribution < 1.29 is 4.79 Å². The Kier molecular flexibility index (Phi) is 5.89. The molecule has 0 aliphatic carbocycles. The molecule has 0 saturated carbocycles. The highest BCUT2D eigenvalue weighted by molar-refractivity contribution is 7.15. The first-order chi connectivity index (χ1) is 13.7. The second-order valence-electron chi connectivity index (χ2n) is 7.39. The molecule has 0 spiro atoms. The first-order valence-electron chi connectivity index (χ1n) is 9.85. The monoisotopic (exact) mass is 395 g/mol. The number of pyridine rings is 1. The average Bonchev–Trinajstić information content (AvgIpc) is 3.13. The summed E-state index contributed by atoms with van der Waals surface area (Å²) in [6.07, 6.45) is 8.23. The van der Waals surface area contributed by atoms with Crippen LogP contribution in [-0.4, -0.2) is 40.4 Å². The van der Waals surface area contributed by atoms with Crippen LogP contribution in [0, 0.1) is 17.8 Å². The molecule has 0 atom stereocenters. The van der Waals surface area contributed by atoms with Crippen LogP contribution in [-0.2, 0) is 17.8 Å². The number of rotatable bonds is 3. The molecule has 2 aliphatic heterocycles. The van der Waals surface area contributed by atoms with E-state index in [2.05, 4.69) is 43.4 Å². The number of aryl methyl sites for hydroxylation is 1. The number of hydrogen-bond donors (Lipinski definition) is 2. The maximum Gasteiger partial charge on any atom is 0.223 e. The second-order valence-corrected chi connectivity index (χ2v) is 8.50. The van der Waals surface area contributed by atoms with E-state index in [1.54, 1.807) is 11.3 Å². The molecule has 146 valence electrons. The molecular weight excluding hydrogens is 370 g/mol. The summed E-state index contributed by atoms with van der Waals surface area (Å²) in [6.45, 7) is 5.50. The molecule has 2 aliphatic rings. The normalized spacial score (nSPS) is 17.2. The number of carbonyl (C=O) groups excluding carboxylic acids is 1. The molecular formula is C21H25N5OS. The average molecular weight is 396 g/mol. The Balaban J connectivity index is 1.28. The van der Waals surface area contributed by atoms with Gasteiger partial charge in [0.05, 0.1) is 11.9 Å². The van der Waals surface area contributed by atoms with Gasteiger partial charge in [0.2, 0.25) is 5.91 Å². The van der Waals surface area contributed by atoms with Crippen molar-refractivity contribution >= 4 is 28.1 Å². The SMILES string of the molecule is CC(=O)Nc1ncc(CN2CCC(C#Cc3cc4c(cn3)NCCC4)CC2)s1. The highest BCUT2D eigenvalue weighted by Gasteiger charge is 2.18. The van der Waals surface area contributed by atoms with Crippen LogP contribution in [0.25, 0.3) is 0 Å². The molecule has 0 unspecified atom stereocenters. The summed E-state index contributed by atoms with van der Waals surface area (Å²) < 4.78 is 0. The van der Waals surface area contributed by atoms with Crippen LogP contribution in [0.5, 0.6) is 0 Å². The Morgan fingerprint density at radius 2 is 2.21 bits per heavy atom. The number of amides is 1. The van der Waals surface area contributed by atoms with Gasteiger partial charge in [-0.05, 0) is 56.3 Å². The van der Waals surface area contributed by atoms with E-state index in [-0.39, 0.29) is 5.91 Å². The number of thiazole rings is 1. The molecule has 4 heterocycles.